The fourth-order valence-electron chi connectivity index (χ4n) is 2.39. The van der Waals surface area contributed by atoms with E-state index in [1.54, 1.807) is 20.8 Å². The zero-order chi connectivity index (χ0) is 21.6. The van der Waals surface area contributed by atoms with Crippen LogP contribution in [0.2, 0.25) is 0 Å². The molecule has 2 rings (SSSR count). The molecule has 0 heterocycles. The first-order chi connectivity index (χ1) is 13.6. The summed E-state index contributed by atoms with van der Waals surface area (Å²) in [5.74, 6) is -1.43. The second-order valence-electron chi connectivity index (χ2n) is 7.17. The maximum Gasteiger partial charge on any atom is 0.412 e. The van der Waals surface area contributed by atoms with E-state index in [0.29, 0.717) is 0 Å². The van der Waals surface area contributed by atoms with Gasteiger partial charge in [0.15, 0.2) is 0 Å². The SMILES string of the molecule is COC(=O)c1cc(NC(=O)OC(C)(C)C)c(C(=O)OCc2ccccc2)cc1N. The van der Waals surface area contributed by atoms with Gasteiger partial charge < -0.3 is 19.9 Å². The predicted molar refractivity (Wildman–Crippen MR) is 108 cm³/mol. The van der Waals surface area contributed by atoms with Crippen LogP contribution in [0.25, 0.3) is 0 Å². The minimum atomic E-state index is -0.796. The Morgan fingerprint density at radius 3 is 2.24 bits per heavy atom. The second-order valence-corrected chi connectivity index (χ2v) is 7.17. The number of nitrogens with one attached hydrogen (secondary N) is 1. The summed E-state index contributed by atoms with van der Waals surface area (Å²) in [6.07, 6.45) is -0.796. The van der Waals surface area contributed by atoms with E-state index in [2.05, 4.69) is 10.1 Å². The van der Waals surface area contributed by atoms with Gasteiger partial charge in [0.1, 0.15) is 12.2 Å². The molecular weight excluding hydrogens is 376 g/mol. The maximum absolute atomic E-state index is 12.6. The second kappa shape index (κ2) is 9.09. The van der Waals surface area contributed by atoms with Crippen LogP contribution in [0.4, 0.5) is 16.2 Å². The van der Waals surface area contributed by atoms with Crippen LogP contribution in [0.15, 0.2) is 42.5 Å². The molecule has 0 bridgehead atoms. The number of carbonyl (C=O) groups is 3. The standard InChI is InChI=1S/C21H24N2O6/c1-21(2,3)29-20(26)23-17-11-14(18(24)27-4)16(22)10-15(17)19(25)28-12-13-8-6-5-7-9-13/h5-11H,12,22H2,1-4H3,(H,23,26). The van der Waals surface area contributed by atoms with Gasteiger partial charge in [0.05, 0.1) is 23.9 Å². The smallest absolute Gasteiger partial charge is 0.412 e. The van der Waals surface area contributed by atoms with Gasteiger partial charge in [0.2, 0.25) is 0 Å². The minimum absolute atomic E-state index is 0.00170. The molecule has 0 aliphatic heterocycles. The number of amides is 1. The van der Waals surface area contributed by atoms with E-state index in [-0.39, 0.29) is 29.1 Å². The molecule has 1 amide bonds. The molecule has 2 aromatic rings. The summed E-state index contributed by atoms with van der Waals surface area (Å²) in [5, 5.41) is 2.47. The molecule has 0 spiro atoms. The van der Waals surface area contributed by atoms with E-state index in [1.807, 2.05) is 30.3 Å². The molecule has 8 nitrogen and oxygen atoms in total. The first kappa shape index (κ1) is 21.7. The lowest BCUT2D eigenvalue weighted by atomic mass is 10.1. The highest BCUT2D eigenvalue weighted by Gasteiger charge is 2.23. The molecule has 0 fully saturated rings. The zero-order valence-electron chi connectivity index (χ0n) is 16.8. The van der Waals surface area contributed by atoms with Gasteiger partial charge in [-0.25, -0.2) is 14.4 Å². The van der Waals surface area contributed by atoms with Crippen molar-refractivity contribution in [3.05, 3.63) is 59.2 Å². The summed E-state index contributed by atoms with van der Waals surface area (Å²) in [7, 11) is 1.20. The Morgan fingerprint density at radius 2 is 1.66 bits per heavy atom. The van der Waals surface area contributed by atoms with E-state index in [1.165, 1.54) is 19.2 Å². The van der Waals surface area contributed by atoms with Crippen LogP contribution in [0, 0.1) is 0 Å². The van der Waals surface area contributed by atoms with Gasteiger partial charge in [0, 0.05) is 5.69 Å². The van der Waals surface area contributed by atoms with E-state index in [0.717, 1.165) is 5.56 Å². The summed E-state index contributed by atoms with van der Waals surface area (Å²) in [6.45, 7) is 5.13. The van der Waals surface area contributed by atoms with Crippen molar-refractivity contribution in [2.75, 3.05) is 18.2 Å². The molecule has 3 N–H and O–H groups in total. The average Bonchev–Trinajstić information content (AvgIpc) is 2.65. The number of rotatable bonds is 5. The summed E-state index contributed by atoms with van der Waals surface area (Å²) in [6, 6.07) is 11.6. The molecule has 8 heteroatoms. The number of benzene rings is 2. The first-order valence-corrected chi connectivity index (χ1v) is 8.83. The lowest BCUT2D eigenvalue weighted by Crippen LogP contribution is -2.28. The number of methoxy groups -OCH3 is 1. The lowest BCUT2D eigenvalue weighted by molar-refractivity contribution is 0.0472. The molecule has 2 aromatic carbocycles. The quantitative estimate of drug-likeness (QED) is 0.446. The molecule has 0 aromatic heterocycles. The van der Waals surface area contributed by atoms with Gasteiger partial charge >= 0.3 is 18.0 Å². The van der Waals surface area contributed by atoms with Crippen molar-refractivity contribution in [3.63, 3.8) is 0 Å². The Hall–Kier alpha value is -3.55. The van der Waals surface area contributed by atoms with Gasteiger partial charge in [-0.3, -0.25) is 5.32 Å². The van der Waals surface area contributed by atoms with Crippen molar-refractivity contribution in [3.8, 4) is 0 Å². The van der Waals surface area contributed by atoms with Crippen LogP contribution in [0.3, 0.4) is 0 Å². The molecule has 0 saturated heterocycles. The highest BCUT2D eigenvalue weighted by molar-refractivity contribution is 6.05. The number of nitrogen functional groups attached to an aromatic ring is 1. The number of nitrogens with two attached hydrogens (primary N) is 1. The third kappa shape index (κ3) is 6.24. The lowest BCUT2D eigenvalue weighted by Gasteiger charge is -2.21. The predicted octanol–water partition coefficient (Wildman–Crippen LogP) is 3.76. The van der Waals surface area contributed by atoms with Crippen molar-refractivity contribution in [1.29, 1.82) is 0 Å². The molecule has 0 aliphatic carbocycles. The average molecular weight is 400 g/mol. The molecule has 0 aliphatic rings. The van der Waals surface area contributed by atoms with Gasteiger partial charge in [-0.15, -0.1) is 0 Å². The van der Waals surface area contributed by atoms with Crippen molar-refractivity contribution in [2.24, 2.45) is 0 Å². The summed E-state index contributed by atoms with van der Waals surface area (Å²) < 4.78 is 15.2. The monoisotopic (exact) mass is 400 g/mol. The number of hydrogen-bond donors (Lipinski definition) is 2. The van der Waals surface area contributed by atoms with E-state index >= 15 is 0 Å². The Morgan fingerprint density at radius 1 is 1.00 bits per heavy atom. The third-order valence-corrected chi connectivity index (χ3v) is 3.66. The molecular formula is C21H24N2O6. The summed E-state index contributed by atoms with van der Waals surface area (Å²) in [5.41, 5.74) is 5.95. The molecule has 0 unspecified atom stereocenters. The van der Waals surface area contributed by atoms with E-state index in [9.17, 15) is 14.4 Å². The summed E-state index contributed by atoms with van der Waals surface area (Å²) in [4.78, 5) is 36.7. The Bertz CT molecular complexity index is 903. The van der Waals surface area contributed by atoms with Gasteiger partial charge in [-0.05, 0) is 38.5 Å². The summed E-state index contributed by atoms with van der Waals surface area (Å²) >= 11 is 0. The highest BCUT2D eigenvalue weighted by atomic mass is 16.6. The van der Waals surface area contributed by atoms with Crippen molar-refractivity contribution < 1.29 is 28.6 Å². The van der Waals surface area contributed by atoms with E-state index < -0.39 is 23.6 Å². The molecule has 0 saturated carbocycles. The Balaban J connectivity index is 2.32. The Kier molecular flexibility index (Phi) is 6.82. The highest BCUT2D eigenvalue weighted by Crippen LogP contribution is 2.26. The zero-order valence-corrected chi connectivity index (χ0v) is 16.8. The van der Waals surface area contributed by atoms with Gasteiger partial charge in [-0.1, -0.05) is 30.3 Å². The van der Waals surface area contributed by atoms with Crippen molar-refractivity contribution in [2.45, 2.75) is 33.0 Å². The van der Waals surface area contributed by atoms with E-state index in [4.69, 9.17) is 15.2 Å². The molecule has 29 heavy (non-hydrogen) atoms. The van der Waals surface area contributed by atoms with Crippen LogP contribution < -0.4 is 11.1 Å². The third-order valence-electron chi connectivity index (χ3n) is 3.66. The largest absolute Gasteiger partial charge is 0.465 e. The van der Waals surface area contributed by atoms with Crippen LogP contribution in [0.1, 0.15) is 47.1 Å². The minimum Gasteiger partial charge on any atom is -0.465 e. The number of hydrogen-bond acceptors (Lipinski definition) is 7. The normalized spacial score (nSPS) is 10.8. The fraction of sp³-hybridized carbons (Fsp3) is 0.286. The van der Waals surface area contributed by atoms with Crippen molar-refractivity contribution >= 4 is 29.4 Å². The molecule has 0 atom stereocenters. The van der Waals surface area contributed by atoms with Crippen LogP contribution >= 0.6 is 0 Å². The topological polar surface area (TPSA) is 117 Å². The molecule has 154 valence electrons. The Labute approximate surface area is 168 Å². The molecule has 0 radical (unpaired) electrons. The van der Waals surface area contributed by atoms with Crippen LogP contribution in [0.5, 0.6) is 0 Å². The van der Waals surface area contributed by atoms with Gasteiger partial charge in [0.25, 0.3) is 0 Å². The van der Waals surface area contributed by atoms with Crippen LogP contribution in [-0.4, -0.2) is 30.7 Å². The first-order valence-electron chi connectivity index (χ1n) is 8.83. The number of carbonyl (C=O) groups excluding carboxylic acids is 3. The number of ether oxygens (including phenoxy) is 3. The number of esters is 2. The van der Waals surface area contributed by atoms with Crippen molar-refractivity contribution in [1.82, 2.24) is 0 Å². The van der Waals surface area contributed by atoms with Gasteiger partial charge in [-0.2, -0.15) is 0 Å². The van der Waals surface area contributed by atoms with Crippen LogP contribution in [-0.2, 0) is 20.8 Å². The fourth-order valence-corrected chi connectivity index (χ4v) is 2.39. The number of anilines is 2. The maximum atomic E-state index is 12.6.